The summed E-state index contributed by atoms with van der Waals surface area (Å²) in [6.07, 6.45) is 0.418. The standard InChI is InChI=1S/C24H22N2O2S/c1-2-28-21-15-13-18(14-16-21)22-17-23(27)26(20-11-7-4-8-12-20)24(29-22)25-19-9-5-3-6-10-19/h3-16,22H,2,17H2,1H3. The summed E-state index contributed by atoms with van der Waals surface area (Å²) < 4.78 is 5.54. The van der Waals surface area contributed by atoms with Crippen LogP contribution in [0, 0.1) is 0 Å². The molecule has 1 aliphatic rings. The van der Waals surface area contributed by atoms with Gasteiger partial charge in [0, 0.05) is 11.7 Å². The van der Waals surface area contributed by atoms with E-state index in [1.54, 1.807) is 16.7 Å². The van der Waals surface area contributed by atoms with Crippen molar-refractivity contribution in [1.29, 1.82) is 0 Å². The average molecular weight is 403 g/mol. The van der Waals surface area contributed by atoms with Gasteiger partial charge in [0.15, 0.2) is 5.17 Å². The van der Waals surface area contributed by atoms with Crippen molar-refractivity contribution in [1.82, 2.24) is 0 Å². The van der Waals surface area contributed by atoms with Gasteiger partial charge < -0.3 is 4.74 Å². The molecule has 0 radical (unpaired) electrons. The van der Waals surface area contributed by atoms with Gasteiger partial charge in [0.2, 0.25) is 5.91 Å². The van der Waals surface area contributed by atoms with Gasteiger partial charge in [0.25, 0.3) is 0 Å². The molecule has 1 aliphatic heterocycles. The largest absolute Gasteiger partial charge is 0.494 e. The molecule has 0 spiro atoms. The number of thioether (sulfide) groups is 1. The quantitative estimate of drug-likeness (QED) is 0.527. The zero-order chi connectivity index (χ0) is 20.1. The Kier molecular flexibility index (Phi) is 5.96. The van der Waals surface area contributed by atoms with Crippen LogP contribution in [0.1, 0.15) is 24.2 Å². The van der Waals surface area contributed by atoms with Gasteiger partial charge in [-0.05, 0) is 48.9 Å². The minimum Gasteiger partial charge on any atom is -0.494 e. The highest BCUT2D eigenvalue weighted by molar-refractivity contribution is 8.14. The first kappa shape index (κ1) is 19.3. The molecule has 0 bridgehead atoms. The number of rotatable bonds is 5. The molecule has 1 fully saturated rings. The fourth-order valence-corrected chi connectivity index (χ4v) is 4.47. The molecule has 4 nitrogen and oxygen atoms in total. The summed E-state index contributed by atoms with van der Waals surface area (Å²) in [5.41, 5.74) is 2.76. The number of anilines is 1. The van der Waals surface area contributed by atoms with Crippen LogP contribution >= 0.6 is 11.8 Å². The van der Waals surface area contributed by atoms with Crippen molar-refractivity contribution in [3.05, 3.63) is 90.5 Å². The predicted octanol–water partition coefficient (Wildman–Crippen LogP) is 5.98. The van der Waals surface area contributed by atoms with Crippen molar-refractivity contribution in [2.45, 2.75) is 18.6 Å². The summed E-state index contributed by atoms with van der Waals surface area (Å²) in [6, 6.07) is 27.4. The van der Waals surface area contributed by atoms with E-state index < -0.39 is 0 Å². The molecule has 1 unspecified atom stereocenters. The van der Waals surface area contributed by atoms with E-state index in [2.05, 4.69) is 0 Å². The summed E-state index contributed by atoms with van der Waals surface area (Å²) >= 11 is 1.62. The number of hydrogen-bond acceptors (Lipinski definition) is 4. The number of aliphatic imine (C=N–C) groups is 1. The molecule has 4 rings (SSSR count). The highest BCUT2D eigenvalue weighted by atomic mass is 32.2. The van der Waals surface area contributed by atoms with Crippen molar-refractivity contribution in [3.63, 3.8) is 0 Å². The normalized spacial score (nSPS) is 18.1. The lowest BCUT2D eigenvalue weighted by atomic mass is 10.1. The first-order valence-electron chi connectivity index (χ1n) is 9.66. The molecule has 0 N–H and O–H groups in total. The maximum absolute atomic E-state index is 13.2. The lowest BCUT2D eigenvalue weighted by molar-refractivity contribution is -0.117. The molecular formula is C24H22N2O2S. The molecule has 1 heterocycles. The first-order valence-corrected chi connectivity index (χ1v) is 10.5. The number of carbonyl (C=O) groups excluding carboxylic acids is 1. The minimum atomic E-state index is 0.0144. The van der Waals surface area contributed by atoms with Gasteiger partial charge in [0.1, 0.15) is 5.75 Å². The molecule has 3 aromatic rings. The number of hydrogen-bond donors (Lipinski definition) is 0. The van der Waals surface area contributed by atoms with E-state index in [4.69, 9.17) is 9.73 Å². The van der Waals surface area contributed by atoms with Crippen LogP contribution in [0.2, 0.25) is 0 Å². The molecule has 29 heavy (non-hydrogen) atoms. The van der Waals surface area contributed by atoms with Crippen LogP contribution in [-0.2, 0) is 4.79 Å². The van der Waals surface area contributed by atoms with E-state index in [-0.39, 0.29) is 11.2 Å². The van der Waals surface area contributed by atoms with Gasteiger partial charge in [-0.2, -0.15) is 0 Å². The van der Waals surface area contributed by atoms with E-state index in [1.807, 2.05) is 91.9 Å². The molecule has 1 amide bonds. The number of amidine groups is 1. The molecule has 1 saturated heterocycles. The summed E-state index contributed by atoms with van der Waals surface area (Å²) in [6.45, 7) is 2.60. The molecule has 146 valence electrons. The summed E-state index contributed by atoms with van der Waals surface area (Å²) in [4.78, 5) is 19.7. The number of amides is 1. The van der Waals surface area contributed by atoms with Gasteiger partial charge in [-0.3, -0.25) is 9.69 Å². The van der Waals surface area contributed by atoms with Crippen LogP contribution in [0.15, 0.2) is 89.9 Å². The van der Waals surface area contributed by atoms with Crippen molar-refractivity contribution >= 4 is 34.2 Å². The maximum Gasteiger partial charge on any atom is 0.234 e. The molecule has 5 heteroatoms. The Hall–Kier alpha value is -3.05. The van der Waals surface area contributed by atoms with Crippen LogP contribution in [0.4, 0.5) is 11.4 Å². The van der Waals surface area contributed by atoms with Gasteiger partial charge in [-0.15, -0.1) is 0 Å². The number of ether oxygens (including phenoxy) is 1. The monoisotopic (exact) mass is 402 g/mol. The Balaban J connectivity index is 1.68. The Bertz CT molecular complexity index is 988. The minimum absolute atomic E-state index is 0.0144. The van der Waals surface area contributed by atoms with Gasteiger partial charge in [-0.1, -0.05) is 60.3 Å². The lowest BCUT2D eigenvalue weighted by Crippen LogP contribution is -2.40. The second kappa shape index (κ2) is 8.97. The number of para-hydroxylation sites is 2. The van der Waals surface area contributed by atoms with E-state index in [1.165, 1.54) is 0 Å². The highest BCUT2D eigenvalue weighted by Crippen LogP contribution is 2.41. The third-order valence-corrected chi connectivity index (χ3v) is 5.81. The Labute approximate surface area is 175 Å². The second-order valence-corrected chi connectivity index (χ2v) is 7.78. The number of benzene rings is 3. The third kappa shape index (κ3) is 4.51. The fourth-order valence-electron chi connectivity index (χ4n) is 3.23. The first-order chi connectivity index (χ1) is 14.2. The Morgan fingerprint density at radius 3 is 2.28 bits per heavy atom. The van der Waals surface area contributed by atoms with Crippen molar-refractivity contribution < 1.29 is 9.53 Å². The van der Waals surface area contributed by atoms with Gasteiger partial charge in [0.05, 0.1) is 18.0 Å². The van der Waals surface area contributed by atoms with E-state index >= 15 is 0 Å². The molecule has 1 atom stereocenters. The molecule has 0 aromatic heterocycles. The van der Waals surface area contributed by atoms with Gasteiger partial charge >= 0.3 is 0 Å². The Morgan fingerprint density at radius 2 is 1.62 bits per heavy atom. The lowest BCUT2D eigenvalue weighted by Gasteiger charge is -2.32. The average Bonchev–Trinajstić information content (AvgIpc) is 2.76. The third-order valence-electron chi connectivity index (χ3n) is 4.61. The van der Waals surface area contributed by atoms with Crippen molar-refractivity contribution in [2.75, 3.05) is 11.5 Å². The number of nitrogens with zero attached hydrogens (tertiary/aromatic N) is 2. The zero-order valence-electron chi connectivity index (χ0n) is 16.2. The van der Waals surface area contributed by atoms with Crippen molar-refractivity contribution in [2.24, 2.45) is 4.99 Å². The smallest absolute Gasteiger partial charge is 0.234 e. The van der Waals surface area contributed by atoms with Crippen LogP contribution < -0.4 is 9.64 Å². The zero-order valence-corrected chi connectivity index (χ0v) is 17.0. The maximum atomic E-state index is 13.2. The molecule has 3 aromatic carbocycles. The van der Waals surface area contributed by atoms with E-state index in [0.29, 0.717) is 18.2 Å². The van der Waals surface area contributed by atoms with E-state index in [0.717, 1.165) is 22.7 Å². The van der Waals surface area contributed by atoms with E-state index in [9.17, 15) is 4.79 Å². The van der Waals surface area contributed by atoms with Crippen LogP contribution in [0.3, 0.4) is 0 Å². The summed E-state index contributed by atoms with van der Waals surface area (Å²) in [7, 11) is 0. The SMILES string of the molecule is CCOc1ccc(C2CC(=O)N(c3ccccc3)C(=Nc3ccccc3)S2)cc1. The van der Waals surface area contributed by atoms with Crippen LogP contribution in [0.5, 0.6) is 5.75 Å². The second-order valence-electron chi connectivity index (χ2n) is 6.61. The molecular weight excluding hydrogens is 380 g/mol. The van der Waals surface area contributed by atoms with Crippen molar-refractivity contribution in [3.8, 4) is 5.75 Å². The predicted molar refractivity (Wildman–Crippen MR) is 120 cm³/mol. The van der Waals surface area contributed by atoms with Crippen LogP contribution in [0.25, 0.3) is 0 Å². The Morgan fingerprint density at radius 1 is 0.966 bits per heavy atom. The summed E-state index contributed by atoms with van der Waals surface area (Å²) in [5.74, 6) is 0.885. The number of carbonyl (C=O) groups is 1. The summed E-state index contributed by atoms with van der Waals surface area (Å²) in [5, 5.41) is 0.707. The van der Waals surface area contributed by atoms with Crippen LogP contribution in [-0.4, -0.2) is 17.7 Å². The molecule has 0 saturated carbocycles. The fraction of sp³-hybridized carbons (Fsp3) is 0.167. The topological polar surface area (TPSA) is 41.9 Å². The van der Waals surface area contributed by atoms with Gasteiger partial charge in [-0.25, -0.2) is 4.99 Å². The molecule has 0 aliphatic carbocycles. The highest BCUT2D eigenvalue weighted by Gasteiger charge is 2.33.